The van der Waals surface area contributed by atoms with Crippen molar-refractivity contribution in [3.8, 4) is 5.75 Å². The summed E-state index contributed by atoms with van der Waals surface area (Å²) in [6.45, 7) is 9.25. The average molecular weight is 332 g/mol. The summed E-state index contributed by atoms with van der Waals surface area (Å²) in [5.41, 5.74) is 1.28. The number of carbonyl (C=O) groups excluding carboxylic acids is 1. The van der Waals surface area contributed by atoms with Gasteiger partial charge in [-0.3, -0.25) is 4.79 Å². The highest BCUT2D eigenvalue weighted by atomic mass is 16.5. The second kappa shape index (κ2) is 9.07. The molecule has 1 fully saturated rings. The van der Waals surface area contributed by atoms with Crippen LogP contribution in [0.4, 0.5) is 0 Å². The van der Waals surface area contributed by atoms with Gasteiger partial charge >= 0.3 is 0 Å². The molecule has 0 aliphatic carbocycles. The Morgan fingerprint density at radius 2 is 2.00 bits per heavy atom. The lowest BCUT2D eigenvalue weighted by molar-refractivity contribution is -0.126. The van der Waals surface area contributed by atoms with Crippen LogP contribution in [0.1, 0.15) is 52.5 Å². The minimum atomic E-state index is 0.163. The minimum absolute atomic E-state index is 0.163. The first-order valence-electron chi connectivity index (χ1n) is 9.23. The van der Waals surface area contributed by atoms with Crippen LogP contribution in [0.3, 0.4) is 0 Å². The van der Waals surface area contributed by atoms with Crippen molar-refractivity contribution in [3.05, 3.63) is 29.8 Å². The van der Waals surface area contributed by atoms with Crippen LogP contribution in [0.5, 0.6) is 5.75 Å². The van der Waals surface area contributed by atoms with Gasteiger partial charge in [0.1, 0.15) is 5.75 Å². The van der Waals surface area contributed by atoms with E-state index in [4.69, 9.17) is 4.74 Å². The molecule has 3 atom stereocenters. The SMILES string of the molecule is CC(CCc1ccc(OC(C)C)cc1)NC(=O)[C@H]1CCN[C@@H](C)C1. The highest BCUT2D eigenvalue weighted by Gasteiger charge is 2.25. The Kier molecular flexibility index (Phi) is 7.10. The van der Waals surface area contributed by atoms with Crippen molar-refractivity contribution in [2.24, 2.45) is 5.92 Å². The van der Waals surface area contributed by atoms with Crippen LogP contribution in [-0.4, -0.2) is 30.6 Å². The number of carbonyl (C=O) groups is 1. The van der Waals surface area contributed by atoms with Crippen LogP contribution in [0.25, 0.3) is 0 Å². The van der Waals surface area contributed by atoms with E-state index in [0.717, 1.165) is 38.0 Å². The van der Waals surface area contributed by atoms with Crippen LogP contribution in [-0.2, 0) is 11.2 Å². The molecule has 1 aromatic carbocycles. The van der Waals surface area contributed by atoms with Gasteiger partial charge in [-0.25, -0.2) is 0 Å². The summed E-state index contributed by atoms with van der Waals surface area (Å²) in [6.07, 6.45) is 4.00. The summed E-state index contributed by atoms with van der Waals surface area (Å²) < 4.78 is 5.66. The zero-order valence-electron chi connectivity index (χ0n) is 15.5. The molecule has 0 radical (unpaired) electrons. The van der Waals surface area contributed by atoms with E-state index in [1.807, 2.05) is 26.0 Å². The zero-order chi connectivity index (χ0) is 17.5. The Morgan fingerprint density at radius 1 is 1.29 bits per heavy atom. The molecule has 1 saturated heterocycles. The number of rotatable bonds is 7. The molecule has 134 valence electrons. The summed E-state index contributed by atoms with van der Waals surface area (Å²) >= 11 is 0. The fraction of sp³-hybridized carbons (Fsp3) is 0.650. The van der Waals surface area contributed by atoms with Crippen molar-refractivity contribution in [2.75, 3.05) is 6.54 Å². The molecule has 1 amide bonds. The lowest BCUT2D eigenvalue weighted by atomic mass is 9.92. The molecular formula is C20H32N2O2. The van der Waals surface area contributed by atoms with Gasteiger partial charge in [0.15, 0.2) is 0 Å². The van der Waals surface area contributed by atoms with E-state index in [-0.39, 0.29) is 24.0 Å². The van der Waals surface area contributed by atoms with Gasteiger partial charge in [0.05, 0.1) is 6.10 Å². The van der Waals surface area contributed by atoms with E-state index in [0.29, 0.717) is 6.04 Å². The van der Waals surface area contributed by atoms with Crippen molar-refractivity contribution < 1.29 is 9.53 Å². The Labute approximate surface area is 146 Å². The molecule has 1 unspecified atom stereocenters. The van der Waals surface area contributed by atoms with Crippen LogP contribution >= 0.6 is 0 Å². The number of benzene rings is 1. The summed E-state index contributed by atoms with van der Waals surface area (Å²) in [5.74, 6) is 1.29. The van der Waals surface area contributed by atoms with Gasteiger partial charge in [-0.1, -0.05) is 12.1 Å². The van der Waals surface area contributed by atoms with Crippen molar-refractivity contribution in [1.29, 1.82) is 0 Å². The summed E-state index contributed by atoms with van der Waals surface area (Å²) in [6, 6.07) is 8.91. The third-order valence-electron chi connectivity index (χ3n) is 4.54. The van der Waals surface area contributed by atoms with Gasteiger partial charge in [0.25, 0.3) is 0 Å². The number of piperidine rings is 1. The maximum Gasteiger partial charge on any atom is 0.223 e. The molecule has 1 heterocycles. The molecule has 0 aromatic heterocycles. The van der Waals surface area contributed by atoms with E-state index >= 15 is 0 Å². The van der Waals surface area contributed by atoms with E-state index in [2.05, 4.69) is 36.6 Å². The first-order valence-corrected chi connectivity index (χ1v) is 9.23. The topological polar surface area (TPSA) is 50.4 Å². The van der Waals surface area contributed by atoms with E-state index in [1.54, 1.807) is 0 Å². The predicted molar refractivity (Wildman–Crippen MR) is 98.3 cm³/mol. The number of amides is 1. The molecule has 1 aliphatic heterocycles. The van der Waals surface area contributed by atoms with Crippen molar-refractivity contribution in [1.82, 2.24) is 10.6 Å². The monoisotopic (exact) mass is 332 g/mol. The second-order valence-electron chi connectivity index (χ2n) is 7.34. The van der Waals surface area contributed by atoms with Crippen molar-refractivity contribution >= 4 is 5.91 Å². The van der Waals surface area contributed by atoms with Crippen molar-refractivity contribution in [2.45, 2.75) is 71.6 Å². The van der Waals surface area contributed by atoms with Gasteiger partial charge in [-0.2, -0.15) is 0 Å². The van der Waals surface area contributed by atoms with Gasteiger partial charge in [0.2, 0.25) is 5.91 Å². The van der Waals surface area contributed by atoms with Crippen molar-refractivity contribution in [3.63, 3.8) is 0 Å². The molecule has 1 aromatic rings. The maximum atomic E-state index is 12.4. The van der Waals surface area contributed by atoms with E-state index in [1.165, 1.54) is 5.56 Å². The highest BCUT2D eigenvalue weighted by Crippen LogP contribution is 2.17. The van der Waals surface area contributed by atoms with Gasteiger partial charge in [-0.05, 0) is 77.6 Å². The fourth-order valence-corrected chi connectivity index (χ4v) is 3.19. The summed E-state index contributed by atoms with van der Waals surface area (Å²) in [5, 5.41) is 6.58. The lowest BCUT2D eigenvalue weighted by Crippen LogP contribution is -2.44. The number of aryl methyl sites for hydroxylation is 1. The molecule has 0 bridgehead atoms. The maximum absolute atomic E-state index is 12.4. The number of nitrogens with one attached hydrogen (secondary N) is 2. The lowest BCUT2D eigenvalue weighted by Gasteiger charge is -2.28. The Morgan fingerprint density at radius 3 is 2.62 bits per heavy atom. The molecule has 24 heavy (non-hydrogen) atoms. The molecule has 0 spiro atoms. The van der Waals surface area contributed by atoms with Gasteiger partial charge in [0, 0.05) is 18.0 Å². The summed E-state index contributed by atoms with van der Waals surface area (Å²) in [4.78, 5) is 12.4. The van der Waals surface area contributed by atoms with Crippen LogP contribution < -0.4 is 15.4 Å². The van der Waals surface area contributed by atoms with Crippen LogP contribution in [0.15, 0.2) is 24.3 Å². The molecule has 2 N–H and O–H groups in total. The van der Waals surface area contributed by atoms with E-state index < -0.39 is 0 Å². The Balaban J connectivity index is 1.74. The Hall–Kier alpha value is -1.55. The van der Waals surface area contributed by atoms with Gasteiger partial charge in [-0.15, -0.1) is 0 Å². The highest BCUT2D eigenvalue weighted by molar-refractivity contribution is 5.79. The van der Waals surface area contributed by atoms with E-state index in [9.17, 15) is 4.79 Å². The molecule has 2 rings (SSSR count). The number of hydrogen-bond acceptors (Lipinski definition) is 3. The number of hydrogen-bond donors (Lipinski definition) is 2. The first-order chi connectivity index (χ1) is 11.4. The van der Waals surface area contributed by atoms with Crippen LogP contribution in [0.2, 0.25) is 0 Å². The quantitative estimate of drug-likeness (QED) is 0.805. The average Bonchev–Trinajstić information content (AvgIpc) is 2.53. The third kappa shape index (κ3) is 6.16. The largest absolute Gasteiger partial charge is 0.491 e. The molecular weight excluding hydrogens is 300 g/mol. The molecule has 1 aliphatic rings. The standard InChI is InChI=1S/C20H32N2O2/c1-14(2)24-19-9-7-17(8-10-19)6-5-15(3)22-20(23)18-11-12-21-16(4)13-18/h7-10,14-16,18,21H,5-6,11-13H2,1-4H3,(H,22,23)/t15?,16-,18-/m0/s1. The first kappa shape index (κ1) is 18.8. The normalized spacial score (nSPS) is 22.2. The van der Waals surface area contributed by atoms with Gasteiger partial charge < -0.3 is 15.4 Å². The zero-order valence-corrected chi connectivity index (χ0v) is 15.5. The number of ether oxygens (including phenoxy) is 1. The Bertz CT molecular complexity index is 513. The fourth-order valence-electron chi connectivity index (χ4n) is 3.19. The van der Waals surface area contributed by atoms with Crippen LogP contribution in [0, 0.1) is 5.92 Å². The molecule has 4 heteroatoms. The minimum Gasteiger partial charge on any atom is -0.491 e. The predicted octanol–water partition coefficient (Wildman–Crippen LogP) is 3.30. The molecule has 4 nitrogen and oxygen atoms in total. The second-order valence-corrected chi connectivity index (χ2v) is 7.34. The smallest absolute Gasteiger partial charge is 0.223 e. The summed E-state index contributed by atoms with van der Waals surface area (Å²) in [7, 11) is 0. The molecule has 0 saturated carbocycles. The third-order valence-corrected chi connectivity index (χ3v) is 4.54.